The largest absolute Gasteiger partial charge is 0.353 e. The SMILES string of the molecule is CCn1cc(CNC(=O)N2CCN3CCNC(=O)[C@@H]3C2)cn1. The van der Waals surface area contributed by atoms with Crippen LogP contribution in [0.2, 0.25) is 0 Å². The third kappa shape index (κ3) is 3.06. The molecule has 120 valence electrons. The molecule has 0 bridgehead atoms. The predicted octanol–water partition coefficient (Wildman–Crippen LogP) is -0.771. The monoisotopic (exact) mass is 306 g/mol. The van der Waals surface area contributed by atoms with Gasteiger partial charge in [0.15, 0.2) is 0 Å². The molecule has 2 N–H and O–H groups in total. The molecule has 1 aromatic rings. The number of aromatic nitrogens is 2. The van der Waals surface area contributed by atoms with Crippen LogP contribution in [-0.4, -0.2) is 70.3 Å². The van der Waals surface area contributed by atoms with Crippen LogP contribution in [0, 0.1) is 0 Å². The zero-order valence-electron chi connectivity index (χ0n) is 12.8. The van der Waals surface area contributed by atoms with Crippen molar-refractivity contribution < 1.29 is 9.59 Å². The number of rotatable bonds is 3. The summed E-state index contributed by atoms with van der Waals surface area (Å²) in [6, 6.07) is -0.335. The smallest absolute Gasteiger partial charge is 0.317 e. The van der Waals surface area contributed by atoms with E-state index in [1.165, 1.54) is 0 Å². The van der Waals surface area contributed by atoms with Crippen LogP contribution < -0.4 is 10.6 Å². The van der Waals surface area contributed by atoms with E-state index in [-0.39, 0.29) is 18.0 Å². The lowest BCUT2D eigenvalue weighted by Gasteiger charge is -2.42. The molecule has 2 saturated heterocycles. The van der Waals surface area contributed by atoms with Crippen LogP contribution in [0.15, 0.2) is 12.4 Å². The van der Waals surface area contributed by atoms with Crippen molar-refractivity contribution in [2.75, 3.05) is 32.7 Å². The van der Waals surface area contributed by atoms with Gasteiger partial charge in [-0.15, -0.1) is 0 Å². The molecule has 2 aliphatic heterocycles. The van der Waals surface area contributed by atoms with Crippen molar-refractivity contribution in [3.8, 4) is 0 Å². The molecule has 3 rings (SSSR count). The van der Waals surface area contributed by atoms with Crippen LogP contribution in [0.4, 0.5) is 4.79 Å². The van der Waals surface area contributed by atoms with E-state index in [9.17, 15) is 9.59 Å². The maximum Gasteiger partial charge on any atom is 0.317 e. The first kappa shape index (κ1) is 14.8. The first-order valence-electron chi connectivity index (χ1n) is 7.73. The van der Waals surface area contributed by atoms with E-state index in [0.29, 0.717) is 26.2 Å². The third-order valence-corrected chi connectivity index (χ3v) is 4.23. The van der Waals surface area contributed by atoms with Gasteiger partial charge in [0.25, 0.3) is 0 Å². The van der Waals surface area contributed by atoms with E-state index in [1.54, 1.807) is 11.1 Å². The maximum atomic E-state index is 12.3. The molecule has 0 saturated carbocycles. The molecule has 1 atom stereocenters. The van der Waals surface area contributed by atoms with Crippen molar-refractivity contribution in [3.63, 3.8) is 0 Å². The van der Waals surface area contributed by atoms with Gasteiger partial charge >= 0.3 is 6.03 Å². The molecule has 22 heavy (non-hydrogen) atoms. The van der Waals surface area contributed by atoms with Crippen molar-refractivity contribution in [3.05, 3.63) is 18.0 Å². The van der Waals surface area contributed by atoms with E-state index in [1.807, 2.05) is 17.8 Å². The molecule has 8 nitrogen and oxygen atoms in total. The van der Waals surface area contributed by atoms with Crippen molar-refractivity contribution in [1.82, 2.24) is 30.2 Å². The Kier molecular flexibility index (Phi) is 4.28. The van der Waals surface area contributed by atoms with Gasteiger partial charge in [-0.1, -0.05) is 0 Å². The van der Waals surface area contributed by atoms with Crippen LogP contribution >= 0.6 is 0 Å². The van der Waals surface area contributed by atoms with Crippen molar-refractivity contribution in [2.24, 2.45) is 0 Å². The molecule has 2 fully saturated rings. The second-order valence-electron chi connectivity index (χ2n) is 5.65. The van der Waals surface area contributed by atoms with Crippen LogP contribution in [0.3, 0.4) is 0 Å². The third-order valence-electron chi connectivity index (χ3n) is 4.23. The number of nitrogens with one attached hydrogen (secondary N) is 2. The summed E-state index contributed by atoms with van der Waals surface area (Å²) in [4.78, 5) is 28.0. The first-order chi connectivity index (χ1) is 10.7. The average molecular weight is 306 g/mol. The van der Waals surface area contributed by atoms with Gasteiger partial charge in [-0.25, -0.2) is 4.79 Å². The Morgan fingerprint density at radius 3 is 3.09 bits per heavy atom. The number of urea groups is 1. The Morgan fingerprint density at radius 1 is 1.45 bits per heavy atom. The number of amides is 3. The lowest BCUT2D eigenvalue weighted by Crippen LogP contribution is -2.65. The number of hydrogen-bond acceptors (Lipinski definition) is 4. The fourth-order valence-electron chi connectivity index (χ4n) is 2.92. The summed E-state index contributed by atoms with van der Waals surface area (Å²) in [7, 11) is 0. The molecule has 0 aliphatic carbocycles. The molecule has 0 unspecified atom stereocenters. The Balaban J connectivity index is 1.53. The summed E-state index contributed by atoms with van der Waals surface area (Å²) in [6.45, 7) is 6.70. The molecule has 3 amide bonds. The number of nitrogens with zero attached hydrogens (tertiary/aromatic N) is 4. The van der Waals surface area contributed by atoms with Crippen molar-refractivity contribution >= 4 is 11.9 Å². The van der Waals surface area contributed by atoms with Gasteiger partial charge in [-0.2, -0.15) is 5.10 Å². The zero-order valence-corrected chi connectivity index (χ0v) is 12.8. The van der Waals surface area contributed by atoms with Crippen LogP contribution in [0.25, 0.3) is 0 Å². The van der Waals surface area contributed by atoms with Gasteiger partial charge in [0.05, 0.1) is 6.20 Å². The van der Waals surface area contributed by atoms with Crippen molar-refractivity contribution in [2.45, 2.75) is 26.1 Å². The number of piperazine rings is 2. The zero-order chi connectivity index (χ0) is 15.5. The standard InChI is InChI=1S/C14H22N6O2/c1-2-20-9-11(8-17-20)7-16-14(22)19-6-5-18-4-3-15-13(21)12(18)10-19/h8-9,12H,2-7,10H2,1H3,(H,15,21)(H,16,22)/t12-/m0/s1. The molecule has 1 aromatic heterocycles. The fraction of sp³-hybridized carbons (Fsp3) is 0.643. The highest BCUT2D eigenvalue weighted by Crippen LogP contribution is 2.12. The number of hydrogen-bond donors (Lipinski definition) is 2. The maximum absolute atomic E-state index is 12.3. The Morgan fingerprint density at radius 2 is 2.32 bits per heavy atom. The average Bonchev–Trinajstić information content (AvgIpc) is 3.01. The molecule has 0 radical (unpaired) electrons. The van der Waals surface area contributed by atoms with Gasteiger partial charge in [0.2, 0.25) is 5.91 Å². The number of fused-ring (bicyclic) bond motifs is 1. The molecule has 2 aliphatic rings. The summed E-state index contributed by atoms with van der Waals surface area (Å²) in [5, 5.41) is 9.94. The van der Waals surface area contributed by atoms with Gasteiger partial charge in [-0.05, 0) is 6.92 Å². The second-order valence-corrected chi connectivity index (χ2v) is 5.65. The lowest BCUT2D eigenvalue weighted by molar-refractivity contribution is -0.131. The topological polar surface area (TPSA) is 82.5 Å². The molecule has 3 heterocycles. The molecule has 8 heteroatoms. The van der Waals surface area contributed by atoms with E-state index in [0.717, 1.165) is 25.2 Å². The van der Waals surface area contributed by atoms with Crippen LogP contribution in [-0.2, 0) is 17.9 Å². The Bertz CT molecular complexity index is 557. The predicted molar refractivity (Wildman–Crippen MR) is 80.1 cm³/mol. The Labute approximate surface area is 129 Å². The van der Waals surface area contributed by atoms with Crippen molar-refractivity contribution in [1.29, 1.82) is 0 Å². The molecule has 0 spiro atoms. The van der Waals surface area contributed by atoms with E-state index < -0.39 is 0 Å². The number of carbonyl (C=O) groups is 2. The van der Waals surface area contributed by atoms with E-state index in [4.69, 9.17) is 0 Å². The van der Waals surface area contributed by atoms with Gasteiger partial charge in [-0.3, -0.25) is 14.4 Å². The minimum atomic E-state index is -0.212. The normalized spacial score (nSPS) is 22.1. The highest BCUT2D eigenvalue weighted by Gasteiger charge is 2.36. The summed E-state index contributed by atoms with van der Waals surface area (Å²) < 4.78 is 1.83. The molecular formula is C14H22N6O2. The number of carbonyl (C=O) groups excluding carboxylic acids is 2. The molecular weight excluding hydrogens is 284 g/mol. The quantitative estimate of drug-likeness (QED) is 0.768. The summed E-state index contributed by atoms with van der Waals surface area (Å²) in [5.41, 5.74) is 0.976. The van der Waals surface area contributed by atoms with Gasteiger partial charge in [0, 0.05) is 57.6 Å². The van der Waals surface area contributed by atoms with Crippen LogP contribution in [0.5, 0.6) is 0 Å². The number of aryl methyl sites for hydroxylation is 1. The summed E-state index contributed by atoms with van der Waals surface area (Å²) in [6.07, 6.45) is 3.68. The Hall–Kier alpha value is -2.09. The fourth-order valence-corrected chi connectivity index (χ4v) is 2.92. The van der Waals surface area contributed by atoms with Crippen LogP contribution in [0.1, 0.15) is 12.5 Å². The van der Waals surface area contributed by atoms with Gasteiger partial charge in [0.1, 0.15) is 6.04 Å². The van der Waals surface area contributed by atoms with Gasteiger partial charge < -0.3 is 15.5 Å². The summed E-state index contributed by atoms with van der Waals surface area (Å²) >= 11 is 0. The second kappa shape index (κ2) is 6.35. The van der Waals surface area contributed by atoms with E-state index >= 15 is 0 Å². The molecule has 0 aromatic carbocycles. The minimum absolute atomic E-state index is 0.0213. The van der Waals surface area contributed by atoms with E-state index in [2.05, 4.69) is 20.6 Å². The first-order valence-corrected chi connectivity index (χ1v) is 7.73. The highest BCUT2D eigenvalue weighted by atomic mass is 16.2. The minimum Gasteiger partial charge on any atom is -0.353 e. The summed E-state index contributed by atoms with van der Waals surface area (Å²) in [5.74, 6) is 0.0213. The highest BCUT2D eigenvalue weighted by molar-refractivity contribution is 5.84. The lowest BCUT2D eigenvalue weighted by atomic mass is 10.1.